The van der Waals surface area contributed by atoms with Gasteiger partial charge in [-0.15, -0.1) is 0 Å². The van der Waals surface area contributed by atoms with E-state index in [1.807, 2.05) is 77.7 Å². The third-order valence-corrected chi connectivity index (χ3v) is 6.27. The summed E-state index contributed by atoms with van der Waals surface area (Å²) in [6.45, 7) is 2.76. The summed E-state index contributed by atoms with van der Waals surface area (Å²) in [5, 5.41) is 0. The molecule has 8 nitrogen and oxygen atoms in total. The minimum Gasteiger partial charge on any atom is -0.353 e. The van der Waals surface area contributed by atoms with Crippen LogP contribution in [0.4, 0.5) is 5.82 Å². The summed E-state index contributed by atoms with van der Waals surface area (Å²) >= 11 is 0. The molecule has 1 aromatic carbocycles. The van der Waals surface area contributed by atoms with E-state index in [0.29, 0.717) is 46.8 Å². The molecule has 1 saturated heterocycles. The maximum absolute atomic E-state index is 13.4. The number of hydrogen-bond donors (Lipinski definition) is 0. The number of carbonyl (C=O) groups excluding carboxylic acids is 1. The van der Waals surface area contributed by atoms with Crippen molar-refractivity contribution in [2.45, 2.75) is 0 Å². The van der Waals surface area contributed by atoms with Gasteiger partial charge < -0.3 is 9.80 Å². The number of hydrogen-bond acceptors (Lipinski definition) is 7. The van der Waals surface area contributed by atoms with Crippen molar-refractivity contribution in [3.05, 3.63) is 97.0 Å². The second-order valence-corrected chi connectivity index (χ2v) is 8.52. The zero-order chi connectivity index (χ0) is 24.3. The SMILES string of the molecule is O=C(c1ccc2nc(-c3ccccn3)c(-c3ccccn3)nc2c1)N1CCN(c2ccccn2)CC1. The Labute approximate surface area is 208 Å². The second-order valence-electron chi connectivity index (χ2n) is 8.52. The average molecular weight is 474 g/mol. The molecule has 0 saturated carbocycles. The zero-order valence-electron chi connectivity index (χ0n) is 19.5. The van der Waals surface area contributed by atoms with Gasteiger partial charge in [0.15, 0.2) is 0 Å². The topological polar surface area (TPSA) is 88.0 Å². The van der Waals surface area contributed by atoms with Gasteiger partial charge in [-0.05, 0) is 54.6 Å². The Balaban J connectivity index is 1.31. The van der Waals surface area contributed by atoms with Gasteiger partial charge in [-0.1, -0.05) is 18.2 Å². The third kappa shape index (κ3) is 4.24. The highest BCUT2D eigenvalue weighted by molar-refractivity contribution is 5.98. The van der Waals surface area contributed by atoms with Crippen molar-refractivity contribution in [2.24, 2.45) is 0 Å². The molecule has 0 atom stereocenters. The van der Waals surface area contributed by atoms with Crippen molar-refractivity contribution < 1.29 is 4.79 Å². The normalized spacial score (nSPS) is 13.7. The fourth-order valence-corrected chi connectivity index (χ4v) is 4.41. The van der Waals surface area contributed by atoms with Gasteiger partial charge >= 0.3 is 0 Å². The minimum atomic E-state index is -0.00689. The molecule has 8 heteroatoms. The molecule has 1 amide bonds. The summed E-state index contributed by atoms with van der Waals surface area (Å²) in [5.41, 5.74) is 4.66. The molecule has 0 aliphatic carbocycles. The molecule has 0 N–H and O–H groups in total. The monoisotopic (exact) mass is 473 g/mol. The number of nitrogens with zero attached hydrogens (tertiary/aromatic N) is 7. The van der Waals surface area contributed by atoms with Crippen molar-refractivity contribution in [1.82, 2.24) is 29.8 Å². The number of piperazine rings is 1. The van der Waals surface area contributed by atoms with Gasteiger partial charge in [0, 0.05) is 50.3 Å². The average Bonchev–Trinajstić information content (AvgIpc) is 2.97. The molecule has 0 bridgehead atoms. The van der Waals surface area contributed by atoms with Crippen molar-refractivity contribution in [3.8, 4) is 22.8 Å². The van der Waals surface area contributed by atoms with Crippen LogP contribution >= 0.6 is 0 Å². The summed E-state index contributed by atoms with van der Waals surface area (Å²) in [6.07, 6.45) is 5.26. The number of fused-ring (bicyclic) bond motifs is 1. The quantitative estimate of drug-likeness (QED) is 0.388. The summed E-state index contributed by atoms with van der Waals surface area (Å²) in [5.74, 6) is 0.934. The molecular weight excluding hydrogens is 450 g/mol. The fraction of sp³-hybridized carbons (Fsp3) is 0.143. The number of rotatable bonds is 4. The van der Waals surface area contributed by atoms with Crippen LogP contribution in [0.1, 0.15) is 10.4 Å². The smallest absolute Gasteiger partial charge is 0.254 e. The van der Waals surface area contributed by atoms with Crippen molar-refractivity contribution in [1.29, 1.82) is 0 Å². The summed E-state index contributed by atoms with van der Waals surface area (Å²) in [4.78, 5) is 40.6. The molecule has 1 aliphatic rings. The molecule has 176 valence electrons. The Morgan fingerprint density at radius 3 is 1.83 bits per heavy atom. The van der Waals surface area contributed by atoms with E-state index in [1.165, 1.54) is 0 Å². The first kappa shape index (κ1) is 21.8. The van der Waals surface area contributed by atoms with Crippen molar-refractivity contribution >= 4 is 22.8 Å². The first-order valence-electron chi connectivity index (χ1n) is 11.9. The van der Waals surface area contributed by atoms with Crippen molar-refractivity contribution in [3.63, 3.8) is 0 Å². The Morgan fingerprint density at radius 1 is 0.639 bits per heavy atom. The Hall–Kier alpha value is -4.72. The molecule has 6 rings (SSSR count). The van der Waals surface area contributed by atoms with Crippen LogP contribution in [0.5, 0.6) is 0 Å². The highest BCUT2D eigenvalue weighted by Gasteiger charge is 2.23. The van der Waals surface area contributed by atoms with Gasteiger partial charge in [-0.3, -0.25) is 14.8 Å². The zero-order valence-corrected chi connectivity index (χ0v) is 19.5. The predicted molar refractivity (Wildman–Crippen MR) is 138 cm³/mol. The van der Waals surface area contributed by atoms with E-state index in [0.717, 1.165) is 24.6 Å². The van der Waals surface area contributed by atoms with Gasteiger partial charge in [0.05, 0.1) is 22.4 Å². The summed E-state index contributed by atoms with van der Waals surface area (Å²) in [7, 11) is 0. The van der Waals surface area contributed by atoms with Crippen LogP contribution in [0.3, 0.4) is 0 Å². The number of anilines is 1. The molecule has 36 heavy (non-hydrogen) atoms. The van der Waals surface area contributed by atoms with E-state index in [4.69, 9.17) is 9.97 Å². The summed E-state index contributed by atoms with van der Waals surface area (Å²) in [6, 6.07) is 22.8. The van der Waals surface area contributed by atoms with Crippen molar-refractivity contribution in [2.75, 3.05) is 31.1 Å². The van der Waals surface area contributed by atoms with Crippen LogP contribution in [0.15, 0.2) is 91.4 Å². The van der Waals surface area contributed by atoms with E-state index in [-0.39, 0.29) is 5.91 Å². The number of carbonyl (C=O) groups is 1. The van der Waals surface area contributed by atoms with E-state index in [2.05, 4.69) is 19.9 Å². The van der Waals surface area contributed by atoms with Crippen LogP contribution in [-0.4, -0.2) is 61.9 Å². The molecule has 4 aromatic heterocycles. The van der Waals surface area contributed by atoms with E-state index in [1.54, 1.807) is 18.6 Å². The Kier molecular flexibility index (Phi) is 5.75. The van der Waals surface area contributed by atoms with Crippen LogP contribution in [-0.2, 0) is 0 Å². The van der Waals surface area contributed by atoms with Gasteiger partial charge in [0.1, 0.15) is 17.2 Å². The molecule has 1 aliphatic heterocycles. The number of pyridine rings is 3. The van der Waals surface area contributed by atoms with Crippen LogP contribution in [0, 0.1) is 0 Å². The molecule has 1 fully saturated rings. The van der Waals surface area contributed by atoms with Crippen LogP contribution in [0.2, 0.25) is 0 Å². The highest BCUT2D eigenvalue weighted by Crippen LogP contribution is 2.29. The van der Waals surface area contributed by atoms with E-state index < -0.39 is 0 Å². The van der Waals surface area contributed by atoms with Crippen LogP contribution in [0.25, 0.3) is 33.8 Å². The Bertz CT molecular complexity index is 1500. The van der Waals surface area contributed by atoms with Gasteiger partial charge in [-0.2, -0.15) is 0 Å². The standard InChI is InChI=1S/C28H23N7O/c36-28(35-17-15-34(16-18-35)25-9-3-6-14-31-25)20-10-11-21-24(19-20)33-27(23-8-2-5-13-30-23)26(32-21)22-7-1-4-12-29-22/h1-14,19H,15-18H2. The van der Waals surface area contributed by atoms with Gasteiger partial charge in [0.2, 0.25) is 0 Å². The number of benzene rings is 1. The maximum atomic E-state index is 13.4. The largest absolute Gasteiger partial charge is 0.353 e. The highest BCUT2D eigenvalue weighted by atomic mass is 16.2. The fourth-order valence-electron chi connectivity index (χ4n) is 4.41. The first-order valence-corrected chi connectivity index (χ1v) is 11.9. The molecule has 0 radical (unpaired) electrons. The van der Waals surface area contributed by atoms with Gasteiger partial charge in [-0.25, -0.2) is 15.0 Å². The lowest BCUT2D eigenvalue weighted by molar-refractivity contribution is 0.0746. The Morgan fingerprint density at radius 2 is 1.25 bits per heavy atom. The second kappa shape index (κ2) is 9.50. The number of aromatic nitrogens is 5. The molecule has 0 spiro atoms. The molecular formula is C28H23N7O. The maximum Gasteiger partial charge on any atom is 0.254 e. The molecule has 5 heterocycles. The lowest BCUT2D eigenvalue weighted by Crippen LogP contribution is -2.49. The minimum absolute atomic E-state index is 0.00689. The molecule has 0 unspecified atom stereocenters. The van der Waals surface area contributed by atoms with Gasteiger partial charge in [0.25, 0.3) is 5.91 Å². The van der Waals surface area contributed by atoms with E-state index >= 15 is 0 Å². The van der Waals surface area contributed by atoms with Crippen LogP contribution < -0.4 is 4.90 Å². The lowest BCUT2D eigenvalue weighted by Gasteiger charge is -2.35. The molecule has 5 aromatic rings. The summed E-state index contributed by atoms with van der Waals surface area (Å²) < 4.78 is 0. The third-order valence-electron chi connectivity index (χ3n) is 6.27. The number of amides is 1. The van der Waals surface area contributed by atoms with E-state index in [9.17, 15) is 4.79 Å². The first-order chi connectivity index (χ1) is 17.8. The lowest BCUT2D eigenvalue weighted by atomic mass is 10.1. The predicted octanol–water partition coefficient (Wildman–Crippen LogP) is 4.11.